The first-order valence-corrected chi connectivity index (χ1v) is 10.4. The summed E-state index contributed by atoms with van der Waals surface area (Å²) >= 11 is 0. The van der Waals surface area contributed by atoms with Crippen molar-refractivity contribution in [3.63, 3.8) is 0 Å². The van der Waals surface area contributed by atoms with Crippen molar-refractivity contribution in [2.75, 3.05) is 12.4 Å². The maximum atomic E-state index is 12.7. The van der Waals surface area contributed by atoms with E-state index in [-0.39, 0.29) is 5.91 Å². The molecule has 0 saturated carbocycles. The molecule has 4 aromatic carbocycles. The summed E-state index contributed by atoms with van der Waals surface area (Å²) < 4.78 is 16.8. The molecule has 0 fully saturated rings. The first-order valence-electron chi connectivity index (χ1n) is 10.4. The Kier molecular flexibility index (Phi) is 5.47. The van der Waals surface area contributed by atoms with Crippen molar-refractivity contribution >= 4 is 22.7 Å². The lowest BCUT2D eigenvalue weighted by atomic mass is 10.2. The summed E-state index contributed by atoms with van der Waals surface area (Å²) in [5, 5.41) is 2.91. The van der Waals surface area contributed by atoms with Gasteiger partial charge in [0.15, 0.2) is 5.58 Å². The molecule has 6 heteroatoms. The van der Waals surface area contributed by atoms with Crippen molar-refractivity contribution in [3.05, 3.63) is 103 Å². The summed E-state index contributed by atoms with van der Waals surface area (Å²) in [5.74, 6) is 2.45. The number of para-hydroxylation sites is 1. The third-order valence-corrected chi connectivity index (χ3v) is 5.08. The predicted octanol–water partition coefficient (Wildman–Crippen LogP) is 6.55. The summed E-state index contributed by atoms with van der Waals surface area (Å²) in [6, 6.07) is 29.3. The molecule has 1 N–H and O–H groups in total. The third-order valence-electron chi connectivity index (χ3n) is 5.08. The van der Waals surface area contributed by atoms with E-state index in [0.29, 0.717) is 34.0 Å². The minimum absolute atomic E-state index is 0.223. The molecule has 0 radical (unpaired) electrons. The SMILES string of the molecule is COc1ccc(-c2nc3cc(NC(=O)c4ccc(Oc5ccccc5)cc4)ccc3o2)cc1. The molecule has 0 saturated heterocycles. The van der Waals surface area contributed by atoms with Crippen LogP contribution < -0.4 is 14.8 Å². The quantitative estimate of drug-likeness (QED) is 0.327. The Morgan fingerprint density at radius 2 is 1.52 bits per heavy atom. The molecule has 0 aliphatic rings. The van der Waals surface area contributed by atoms with Crippen LogP contribution in [0.25, 0.3) is 22.6 Å². The first kappa shape index (κ1) is 20.3. The number of aromatic nitrogens is 1. The van der Waals surface area contributed by atoms with Crippen molar-refractivity contribution < 1.29 is 18.7 Å². The smallest absolute Gasteiger partial charge is 0.255 e. The van der Waals surface area contributed by atoms with Crippen molar-refractivity contribution in [3.8, 4) is 28.7 Å². The van der Waals surface area contributed by atoms with Crippen LogP contribution in [0, 0.1) is 0 Å². The van der Waals surface area contributed by atoms with Crippen molar-refractivity contribution in [2.24, 2.45) is 0 Å². The molecule has 0 aliphatic heterocycles. The van der Waals surface area contributed by atoms with E-state index in [1.54, 1.807) is 49.6 Å². The Morgan fingerprint density at radius 1 is 0.818 bits per heavy atom. The standard InChI is InChI=1S/C27H20N2O4/c1-31-21-12-9-19(10-13-21)27-29-24-17-20(11-16-25(24)33-27)28-26(30)18-7-14-23(15-8-18)32-22-5-3-2-4-6-22/h2-17H,1H3,(H,28,30). The van der Waals surface area contributed by atoms with Gasteiger partial charge in [0.05, 0.1) is 7.11 Å². The van der Waals surface area contributed by atoms with Gasteiger partial charge in [-0.15, -0.1) is 0 Å². The number of fused-ring (bicyclic) bond motifs is 1. The van der Waals surface area contributed by atoms with E-state index in [4.69, 9.17) is 13.9 Å². The Labute approximate surface area is 190 Å². The highest BCUT2D eigenvalue weighted by molar-refractivity contribution is 6.05. The van der Waals surface area contributed by atoms with Gasteiger partial charge < -0.3 is 19.2 Å². The lowest BCUT2D eigenvalue weighted by molar-refractivity contribution is 0.102. The monoisotopic (exact) mass is 436 g/mol. The van der Waals surface area contributed by atoms with Gasteiger partial charge in [0.1, 0.15) is 22.8 Å². The highest BCUT2D eigenvalue weighted by Gasteiger charge is 2.11. The Balaban J connectivity index is 1.29. The second-order valence-electron chi connectivity index (χ2n) is 7.32. The fraction of sp³-hybridized carbons (Fsp3) is 0.0370. The lowest BCUT2D eigenvalue weighted by Crippen LogP contribution is -2.11. The van der Waals surface area contributed by atoms with Crippen LogP contribution >= 0.6 is 0 Å². The summed E-state index contributed by atoms with van der Waals surface area (Å²) in [7, 11) is 1.62. The van der Waals surface area contributed by atoms with Crippen LogP contribution in [0.3, 0.4) is 0 Å². The fourth-order valence-electron chi connectivity index (χ4n) is 3.36. The topological polar surface area (TPSA) is 73.6 Å². The molecule has 162 valence electrons. The summed E-state index contributed by atoms with van der Waals surface area (Å²) in [4.78, 5) is 17.3. The van der Waals surface area contributed by atoms with Crippen LogP contribution in [0.1, 0.15) is 10.4 Å². The van der Waals surface area contributed by atoms with Gasteiger partial charge in [-0.2, -0.15) is 0 Å². The summed E-state index contributed by atoms with van der Waals surface area (Å²) in [5.41, 5.74) is 3.29. The number of methoxy groups -OCH3 is 1. The molecule has 1 heterocycles. The number of anilines is 1. The zero-order chi connectivity index (χ0) is 22.6. The average molecular weight is 436 g/mol. The third kappa shape index (κ3) is 4.55. The first-order chi connectivity index (χ1) is 16.2. The number of carbonyl (C=O) groups excluding carboxylic acids is 1. The number of carbonyl (C=O) groups is 1. The van der Waals surface area contributed by atoms with Crippen LogP contribution in [-0.4, -0.2) is 18.0 Å². The fourth-order valence-corrected chi connectivity index (χ4v) is 3.36. The van der Waals surface area contributed by atoms with E-state index < -0.39 is 0 Å². The number of benzene rings is 4. The molecule has 33 heavy (non-hydrogen) atoms. The predicted molar refractivity (Wildman–Crippen MR) is 127 cm³/mol. The molecule has 5 aromatic rings. The summed E-state index contributed by atoms with van der Waals surface area (Å²) in [6.07, 6.45) is 0. The number of amides is 1. The number of nitrogens with zero attached hydrogens (tertiary/aromatic N) is 1. The van der Waals surface area contributed by atoms with Gasteiger partial charge in [-0.3, -0.25) is 4.79 Å². The van der Waals surface area contributed by atoms with Crippen molar-refractivity contribution in [1.82, 2.24) is 4.98 Å². The number of hydrogen-bond acceptors (Lipinski definition) is 5. The molecular weight excluding hydrogens is 416 g/mol. The molecule has 0 unspecified atom stereocenters. The molecule has 0 atom stereocenters. The van der Waals surface area contributed by atoms with E-state index in [1.165, 1.54) is 0 Å². The largest absolute Gasteiger partial charge is 0.497 e. The van der Waals surface area contributed by atoms with E-state index >= 15 is 0 Å². The molecular formula is C27H20N2O4. The van der Waals surface area contributed by atoms with Gasteiger partial charge >= 0.3 is 0 Å². The Morgan fingerprint density at radius 3 is 2.24 bits per heavy atom. The number of hydrogen-bond donors (Lipinski definition) is 1. The van der Waals surface area contributed by atoms with Gasteiger partial charge in [0, 0.05) is 16.8 Å². The lowest BCUT2D eigenvalue weighted by Gasteiger charge is -2.07. The van der Waals surface area contributed by atoms with Crippen LogP contribution in [-0.2, 0) is 0 Å². The van der Waals surface area contributed by atoms with Gasteiger partial charge in [-0.05, 0) is 78.9 Å². The molecule has 0 spiro atoms. The molecule has 6 nitrogen and oxygen atoms in total. The van der Waals surface area contributed by atoms with E-state index in [9.17, 15) is 4.79 Å². The van der Waals surface area contributed by atoms with Crippen LogP contribution in [0.15, 0.2) is 101 Å². The zero-order valence-corrected chi connectivity index (χ0v) is 17.8. The second kappa shape index (κ2) is 8.88. The van der Waals surface area contributed by atoms with Crippen LogP contribution in [0.2, 0.25) is 0 Å². The number of ether oxygens (including phenoxy) is 2. The molecule has 5 rings (SSSR count). The number of oxazole rings is 1. The van der Waals surface area contributed by atoms with Gasteiger partial charge in [0.2, 0.25) is 5.89 Å². The molecule has 0 bridgehead atoms. The maximum absolute atomic E-state index is 12.7. The number of nitrogens with one attached hydrogen (secondary N) is 1. The maximum Gasteiger partial charge on any atom is 0.255 e. The van der Waals surface area contributed by atoms with Crippen LogP contribution in [0.4, 0.5) is 5.69 Å². The van der Waals surface area contributed by atoms with E-state index in [1.807, 2.05) is 54.6 Å². The normalized spacial score (nSPS) is 10.7. The minimum Gasteiger partial charge on any atom is -0.497 e. The average Bonchev–Trinajstić information content (AvgIpc) is 3.29. The summed E-state index contributed by atoms with van der Waals surface area (Å²) in [6.45, 7) is 0. The second-order valence-corrected chi connectivity index (χ2v) is 7.32. The van der Waals surface area contributed by atoms with Gasteiger partial charge in [-0.25, -0.2) is 4.98 Å². The molecule has 1 amide bonds. The highest BCUT2D eigenvalue weighted by Crippen LogP contribution is 2.28. The molecule has 0 aliphatic carbocycles. The van der Waals surface area contributed by atoms with E-state index in [2.05, 4.69) is 10.3 Å². The Hall–Kier alpha value is -4.58. The van der Waals surface area contributed by atoms with Gasteiger partial charge in [-0.1, -0.05) is 18.2 Å². The Bertz CT molecular complexity index is 1390. The molecule has 1 aromatic heterocycles. The van der Waals surface area contributed by atoms with Crippen molar-refractivity contribution in [1.29, 1.82) is 0 Å². The van der Waals surface area contributed by atoms with Gasteiger partial charge in [0.25, 0.3) is 5.91 Å². The highest BCUT2D eigenvalue weighted by atomic mass is 16.5. The van der Waals surface area contributed by atoms with E-state index in [0.717, 1.165) is 17.1 Å². The zero-order valence-electron chi connectivity index (χ0n) is 17.8. The number of rotatable bonds is 6. The minimum atomic E-state index is -0.223. The van der Waals surface area contributed by atoms with Crippen molar-refractivity contribution in [2.45, 2.75) is 0 Å². The van der Waals surface area contributed by atoms with Crippen LogP contribution in [0.5, 0.6) is 17.2 Å².